The minimum atomic E-state index is -0.228. The zero-order chi connectivity index (χ0) is 22.2. The first-order valence-corrected chi connectivity index (χ1v) is 10.6. The van der Waals surface area contributed by atoms with E-state index in [4.69, 9.17) is 5.84 Å². The van der Waals surface area contributed by atoms with E-state index in [1.807, 2.05) is 37.3 Å². The molecule has 31 heavy (non-hydrogen) atoms. The quantitative estimate of drug-likeness (QED) is 0.154. The van der Waals surface area contributed by atoms with Gasteiger partial charge in [0.05, 0.1) is 11.5 Å². The number of benzene rings is 2. The highest BCUT2D eigenvalue weighted by molar-refractivity contribution is 7.99. The molecule has 3 rings (SSSR count). The number of nitrogen functional groups attached to an aromatic ring is 1. The summed E-state index contributed by atoms with van der Waals surface area (Å²) in [7, 11) is 0. The molecule has 0 saturated heterocycles. The molecule has 4 N–H and O–H groups in total. The Morgan fingerprint density at radius 1 is 1.06 bits per heavy atom. The minimum Gasteiger partial charge on any atom is -0.334 e. The maximum absolute atomic E-state index is 12.2. The number of anilines is 2. The summed E-state index contributed by atoms with van der Waals surface area (Å²) in [6.45, 7) is 3.50. The number of amides is 1. The predicted octanol–water partition coefficient (Wildman–Crippen LogP) is 3.15. The van der Waals surface area contributed by atoms with Gasteiger partial charge in [-0.1, -0.05) is 49.0 Å². The molecule has 0 aliphatic carbocycles. The number of nitrogens with two attached hydrogens (primary N) is 1. The Hall–Kier alpha value is -3.66. The first-order chi connectivity index (χ1) is 15.0. The summed E-state index contributed by atoms with van der Waals surface area (Å²) in [5.41, 5.74) is 5.89. The van der Waals surface area contributed by atoms with Crippen molar-refractivity contribution in [2.24, 2.45) is 5.10 Å². The highest BCUT2D eigenvalue weighted by atomic mass is 32.2. The van der Waals surface area contributed by atoms with Crippen molar-refractivity contribution in [1.29, 1.82) is 0 Å². The fraction of sp³-hybridized carbons (Fsp3) is 0.190. The molecule has 9 nitrogen and oxygen atoms in total. The zero-order valence-corrected chi connectivity index (χ0v) is 18.0. The van der Waals surface area contributed by atoms with Crippen molar-refractivity contribution in [3.05, 3.63) is 65.7 Å². The normalized spacial score (nSPS) is 11.2. The summed E-state index contributed by atoms with van der Waals surface area (Å²) < 4.78 is 1.25. The third kappa shape index (κ3) is 5.92. The molecule has 0 radical (unpaired) electrons. The van der Waals surface area contributed by atoms with E-state index in [0.29, 0.717) is 16.4 Å². The van der Waals surface area contributed by atoms with Gasteiger partial charge in [-0.2, -0.15) is 5.10 Å². The molecule has 0 aliphatic rings. The lowest BCUT2D eigenvalue weighted by molar-refractivity contribution is -0.113. The molecule has 160 valence electrons. The summed E-state index contributed by atoms with van der Waals surface area (Å²) in [6, 6.07) is 16.5. The summed E-state index contributed by atoms with van der Waals surface area (Å²) in [5.74, 6) is 6.13. The highest BCUT2D eigenvalue weighted by Gasteiger charge is 2.13. The SMILES string of the molecule is CC/C(=N\Nc1nnc(SCC(=O)Nc2ccc(C(C)=O)cc2)n1N)c1ccccc1. The van der Waals surface area contributed by atoms with Gasteiger partial charge in [0.25, 0.3) is 5.95 Å². The highest BCUT2D eigenvalue weighted by Crippen LogP contribution is 2.18. The number of hydrogen-bond donors (Lipinski definition) is 3. The summed E-state index contributed by atoms with van der Waals surface area (Å²) in [5, 5.41) is 15.5. The lowest BCUT2D eigenvalue weighted by Crippen LogP contribution is -2.17. The Morgan fingerprint density at radius 3 is 2.42 bits per heavy atom. The minimum absolute atomic E-state index is 0.0284. The largest absolute Gasteiger partial charge is 0.334 e. The molecular formula is C21H23N7O2S. The predicted molar refractivity (Wildman–Crippen MR) is 123 cm³/mol. The van der Waals surface area contributed by atoms with E-state index in [2.05, 4.69) is 26.0 Å². The fourth-order valence-electron chi connectivity index (χ4n) is 2.66. The standard InChI is InChI=1S/C21H23N7O2S/c1-3-18(16-7-5-4-6-8-16)24-25-20-26-27-21(28(20)22)31-13-19(30)23-17-11-9-15(10-12-17)14(2)29/h4-12H,3,13,22H2,1-2H3,(H,23,30)(H,25,26)/b24-18+. The number of rotatable bonds is 9. The van der Waals surface area contributed by atoms with Crippen LogP contribution in [-0.4, -0.2) is 38.0 Å². The molecule has 0 fully saturated rings. The lowest BCUT2D eigenvalue weighted by atomic mass is 10.1. The molecule has 0 aliphatic heterocycles. The van der Waals surface area contributed by atoms with Crippen molar-refractivity contribution >= 4 is 40.8 Å². The third-order valence-electron chi connectivity index (χ3n) is 4.30. The molecule has 1 heterocycles. The Labute approximate surface area is 184 Å². The van der Waals surface area contributed by atoms with Crippen LogP contribution in [0.15, 0.2) is 64.9 Å². The lowest BCUT2D eigenvalue weighted by Gasteiger charge is -2.07. The molecule has 1 amide bonds. The van der Waals surface area contributed by atoms with Crippen molar-refractivity contribution in [2.45, 2.75) is 25.4 Å². The topological polar surface area (TPSA) is 127 Å². The van der Waals surface area contributed by atoms with Gasteiger partial charge in [-0.3, -0.25) is 9.59 Å². The van der Waals surface area contributed by atoms with Crippen LogP contribution in [0.1, 0.15) is 36.2 Å². The van der Waals surface area contributed by atoms with Crippen LogP contribution in [-0.2, 0) is 4.79 Å². The number of carbonyl (C=O) groups excluding carboxylic acids is 2. The average molecular weight is 438 g/mol. The first-order valence-electron chi connectivity index (χ1n) is 9.60. The van der Waals surface area contributed by atoms with E-state index >= 15 is 0 Å². The molecule has 0 saturated carbocycles. The van der Waals surface area contributed by atoms with Crippen molar-refractivity contribution < 1.29 is 9.59 Å². The van der Waals surface area contributed by atoms with E-state index < -0.39 is 0 Å². The van der Waals surface area contributed by atoms with Crippen LogP contribution < -0.4 is 16.6 Å². The number of carbonyl (C=O) groups is 2. The molecule has 0 spiro atoms. The van der Waals surface area contributed by atoms with Gasteiger partial charge >= 0.3 is 0 Å². The Balaban J connectivity index is 1.57. The smallest absolute Gasteiger partial charge is 0.264 e. The van der Waals surface area contributed by atoms with Gasteiger partial charge in [-0.15, -0.1) is 10.2 Å². The van der Waals surface area contributed by atoms with Gasteiger partial charge in [0, 0.05) is 11.3 Å². The Bertz CT molecular complexity index is 1080. The fourth-order valence-corrected chi connectivity index (χ4v) is 3.32. The molecule has 0 bridgehead atoms. The van der Waals surface area contributed by atoms with Crippen LogP contribution in [0.25, 0.3) is 0 Å². The van der Waals surface area contributed by atoms with Crippen molar-refractivity contribution in [1.82, 2.24) is 14.9 Å². The summed E-state index contributed by atoms with van der Waals surface area (Å²) in [6.07, 6.45) is 0.727. The van der Waals surface area contributed by atoms with Crippen LogP contribution in [0.4, 0.5) is 11.6 Å². The number of aromatic nitrogens is 3. The number of nitrogens with zero attached hydrogens (tertiary/aromatic N) is 4. The number of hydrazone groups is 1. The average Bonchev–Trinajstić information content (AvgIpc) is 3.13. The second-order valence-electron chi connectivity index (χ2n) is 6.54. The third-order valence-corrected chi connectivity index (χ3v) is 5.25. The maximum atomic E-state index is 12.2. The second-order valence-corrected chi connectivity index (χ2v) is 7.48. The first kappa shape index (κ1) is 22.0. The molecule has 0 unspecified atom stereocenters. The zero-order valence-electron chi connectivity index (χ0n) is 17.2. The van der Waals surface area contributed by atoms with E-state index in [9.17, 15) is 9.59 Å². The van der Waals surface area contributed by atoms with Crippen molar-refractivity contribution in [3.8, 4) is 0 Å². The molecular weight excluding hydrogens is 414 g/mol. The van der Waals surface area contributed by atoms with E-state index in [1.54, 1.807) is 24.3 Å². The number of Topliss-reactive ketones (excluding diaryl/α,β-unsaturated/α-hetero) is 1. The van der Waals surface area contributed by atoms with E-state index in [1.165, 1.54) is 11.6 Å². The van der Waals surface area contributed by atoms with Crippen molar-refractivity contribution in [2.75, 3.05) is 22.3 Å². The number of hydrogen-bond acceptors (Lipinski definition) is 8. The Kier molecular flexibility index (Phi) is 7.39. The van der Waals surface area contributed by atoms with Gasteiger partial charge in [0.15, 0.2) is 5.78 Å². The number of ketones is 1. The Morgan fingerprint density at radius 2 is 1.77 bits per heavy atom. The van der Waals surface area contributed by atoms with Crippen LogP contribution in [0.2, 0.25) is 0 Å². The van der Waals surface area contributed by atoms with Gasteiger partial charge in [0.2, 0.25) is 11.1 Å². The molecule has 3 aromatic rings. The van der Waals surface area contributed by atoms with E-state index in [0.717, 1.165) is 29.5 Å². The molecule has 2 aromatic carbocycles. The maximum Gasteiger partial charge on any atom is 0.264 e. The number of thioether (sulfide) groups is 1. The van der Waals surface area contributed by atoms with Crippen LogP contribution in [0.3, 0.4) is 0 Å². The molecule has 10 heteroatoms. The second kappa shape index (κ2) is 10.4. The molecule has 0 atom stereocenters. The van der Waals surface area contributed by atoms with Gasteiger partial charge in [-0.25, -0.2) is 10.1 Å². The number of nitrogens with one attached hydrogen (secondary N) is 2. The molecule has 1 aromatic heterocycles. The van der Waals surface area contributed by atoms with Crippen LogP contribution in [0, 0.1) is 0 Å². The summed E-state index contributed by atoms with van der Waals surface area (Å²) in [4.78, 5) is 23.5. The van der Waals surface area contributed by atoms with Crippen LogP contribution >= 0.6 is 11.8 Å². The monoisotopic (exact) mass is 437 g/mol. The van der Waals surface area contributed by atoms with Gasteiger partial charge < -0.3 is 11.2 Å². The van der Waals surface area contributed by atoms with E-state index in [-0.39, 0.29) is 23.4 Å². The van der Waals surface area contributed by atoms with Crippen LogP contribution in [0.5, 0.6) is 0 Å². The van der Waals surface area contributed by atoms with Gasteiger partial charge in [-0.05, 0) is 43.2 Å². The van der Waals surface area contributed by atoms with Crippen molar-refractivity contribution in [3.63, 3.8) is 0 Å². The van der Waals surface area contributed by atoms with Gasteiger partial charge in [0.1, 0.15) is 0 Å². The summed E-state index contributed by atoms with van der Waals surface area (Å²) >= 11 is 1.15.